The Balaban J connectivity index is 3.02. The van der Waals surface area contributed by atoms with Gasteiger partial charge < -0.3 is 9.90 Å². The third kappa shape index (κ3) is 2.33. The Kier molecular flexibility index (Phi) is 3.89. The van der Waals surface area contributed by atoms with Crippen LogP contribution in [0, 0.1) is 16.7 Å². The van der Waals surface area contributed by atoms with Gasteiger partial charge in [0, 0.05) is 11.5 Å². The van der Waals surface area contributed by atoms with Crippen LogP contribution in [-0.2, 0) is 4.79 Å². The molecule has 0 amide bonds. The van der Waals surface area contributed by atoms with Crippen molar-refractivity contribution in [2.24, 2.45) is 5.41 Å². The van der Waals surface area contributed by atoms with Gasteiger partial charge in [0.1, 0.15) is 0 Å². The first-order valence-corrected chi connectivity index (χ1v) is 5.49. The van der Waals surface area contributed by atoms with Crippen LogP contribution in [0.2, 0.25) is 0 Å². The zero-order valence-corrected chi connectivity index (χ0v) is 9.75. The normalized spacial score (nSPS) is 20.6. The molecule has 0 bridgehead atoms. The third-order valence-corrected chi connectivity index (χ3v) is 3.34. The van der Waals surface area contributed by atoms with E-state index in [9.17, 15) is 9.90 Å². The predicted octanol–water partition coefficient (Wildman–Crippen LogP) is 1.71. The lowest BCUT2D eigenvalue weighted by Crippen LogP contribution is -2.41. The zero-order valence-electron chi connectivity index (χ0n) is 9.75. The highest BCUT2D eigenvalue weighted by atomic mass is 16.4. The minimum atomic E-state index is -0.983. The van der Waals surface area contributed by atoms with Crippen LogP contribution in [0.4, 0.5) is 0 Å². The van der Waals surface area contributed by atoms with Crippen LogP contribution in [0.5, 0.6) is 0 Å². The second-order valence-electron chi connectivity index (χ2n) is 4.42. The quantitative estimate of drug-likeness (QED) is 0.535. The van der Waals surface area contributed by atoms with E-state index in [1.807, 2.05) is 13.0 Å². The molecule has 16 heavy (non-hydrogen) atoms. The maximum Gasteiger partial charge on any atom is 0.0914 e. The first-order valence-electron chi connectivity index (χ1n) is 5.49. The zero-order chi connectivity index (χ0) is 12.2. The summed E-state index contributed by atoms with van der Waals surface area (Å²) >= 11 is 0. The number of rotatable bonds is 3. The van der Waals surface area contributed by atoms with Crippen LogP contribution in [0.3, 0.4) is 0 Å². The van der Waals surface area contributed by atoms with Crippen LogP contribution < -0.4 is 5.11 Å². The van der Waals surface area contributed by atoms with Crippen molar-refractivity contribution < 1.29 is 9.90 Å². The Hall–Kier alpha value is -1.56. The molecule has 0 aromatic heterocycles. The molecular weight excluding hydrogens is 202 g/mol. The van der Waals surface area contributed by atoms with Gasteiger partial charge in [-0.3, -0.25) is 0 Å². The summed E-state index contributed by atoms with van der Waals surface area (Å²) in [6, 6.07) is 1.94. The second kappa shape index (κ2) is 4.98. The molecule has 3 nitrogen and oxygen atoms in total. The molecule has 0 aromatic carbocycles. The molecule has 1 saturated carbocycles. The molecule has 0 radical (unpaired) electrons. The van der Waals surface area contributed by atoms with Crippen molar-refractivity contribution in [1.29, 1.82) is 5.26 Å². The van der Waals surface area contributed by atoms with Crippen molar-refractivity contribution in [2.45, 2.75) is 39.5 Å². The summed E-state index contributed by atoms with van der Waals surface area (Å²) in [5, 5.41) is 19.8. The van der Waals surface area contributed by atoms with Gasteiger partial charge in [0.05, 0.1) is 12.0 Å². The number of nitrogens with zero attached hydrogens (tertiary/aromatic N) is 1. The van der Waals surface area contributed by atoms with Gasteiger partial charge in [0.25, 0.3) is 0 Å². The summed E-state index contributed by atoms with van der Waals surface area (Å²) in [7, 11) is 0. The fourth-order valence-corrected chi connectivity index (χ4v) is 2.36. The molecule has 0 spiro atoms. The van der Waals surface area contributed by atoms with Crippen LogP contribution in [0.15, 0.2) is 23.3 Å². The van der Waals surface area contributed by atoms with Crippen molar-refractivity contribution in [2.75, 3.05) is 0 Å². The SMILES string of the molecule is CC(=C\C#N)/C=C(\C)C1(C(=O)[O-])CCCC1. The molecule has 0 aliphatic heterocycles. The van der Waals surface area contributed by atoms with Gasteiger partial charge in [0.15, 0.2) is 0 Å². The number of carboxylic acid groups (broad SMARTS) is 1. The molecular formula is C13H16NO2-. The van der Waals surface area contributed by atoms with Crippen molar-refractivity contribution in [3.63, 3.8) is 0 Å². The number of aliphatic carboxylic acids is 1. The molecule has 0 aromatic rings. The summed E-state index contributed by atoms with van der Waals surface area (Å²) in [6.07, 6.45) is 6.36. The fourth-order valence-electron chi connectivity index (χ4n) is 2.36. The van der Waals surface area contributed by atoms with E-state index in [0.717, 1.165) is 24.0 Å². The van der Waals surface area contributed by atoms with Crippen molar-refractivity contribution in [1.82, 2.24) is 0 Å². The molecule has 0 N–H and O–H groups in total. The van der Waals surface area contributed by atoms with E-state index in [2.05, 4.69) is 0 Å². The molecule has 1 aliphatic carbocycles. The third-order valence-electron chi connectivity index (χ3n) is 3.34. The molecule has 0 unspecified atom stereocenters. The van der Waals surface area contributed by atoms with E-state index < -0.39 is 11.4 Å². The number of allylic oxidation sites excluding steroid dienone is 3. The maximum atomic E-state index is 11.3. The van der Waals surface area contributed by atoms with Crippen LogP contribution >= 0.6 is 0 Å². The lowest BCUT2D eigenvalue weighted by molar-refractivity contribution is -0.316. The monoisotopic (exact) mass is 218 g/mol. The Morgan fingerprint density at radius 1 is 1.38 bits per heavy atom. The minimum absolute atomic E-state index is 0.650. The van der Waals surface area contributed by atoms with Crippen molar-refractivity contribution in [3.8, 4) is 6.07 Å². The lowest BCUT2D eigenvalue weighted by Gasteiger charge is -2.31. The summed E-state index contributed by atoms with van der Waals surface area (Å²) in [5.41, 5.74) is 0.784. The average molecular weight is 218 g/mol. The highest BCUT2D eigenvalue weighted by Gasteiger charge is 2.36. The molecule has 0 saturated heterocycles. The number of hydrogen-bond acceptors (Lipinski definition) is 3. The fraction of sp³-hybridized carbons (Fsp3) is 0.538. The number of hydrogen-bond donors (Lipinski definition) is 0. The van der Waals surface area contributed by atoms with Gasteiger partial charge in [0.2, 0.25) is 0 Å². The Labute approximate surface area is 96.1 Å². The van der Waals surface area contributed by atoms with E-state index in [0.29, 0.717) is 12.8 Å². The van der Waals surface area contributed by atoms with Gasteiger partial charge in [-0.05, 0) is 32.3 Å². The Morgan fingerprint density at radius 2 is 1.94 bits per heavy atom. The van der Waals surface area contributed by atoms with E-state index in [4.69, 9.17) is 5.26 Å². The van der Waals surface area contributed by atoms with E-state index in [1.54, 1.807) is 13.0 Å². The molecule has 1 aliphatic rings. The summed E-state index contributed by atoms with van der Waals surface area (Å²) < 4.78 is 0. The Morgan fingerprint density at radius 3 is 2.38 bits per heavy atom. The number of carbonyl (C=O) groups excluding carboxylic acids is 1. The minimum Gasteiger partial charge on any atom is -0.549 e. The van der Waals surface area contributed by atoms with Crippen molar-refractivity contribution >= 4 is 5.97 Å². The van der Waals surface area contributed by atoms with Gasteiger partial charge in [-0.1, -0.05) is 24.5 Å². The summed E-state index contributed by atoms with van der Waals surface area (Å²) in [6.45, 7) is 3.61. The number of carboxylic acids is 1. The molecule has 3 heteroatoms. The van der Waals surface area contributed by atoms with Crippen LogP contribution in [0.1, 0.15) is 39.5 Å². The first kappa shape index (κ1) is 12.5. The standard InChI is InChI=1S/C13H17NO2/c1-10(5-8-14)9-11(2)13(12(15)16)6-3-4-7-13/h5,9H,3-4,6-7H2,1-2H3,(H,15,16)/p-1/b10-5+,11-9+. The van der Waals surface area contributed by atoms with Gasteiger partial charge in [-0.25, -0.2) is 0 Å². The Bertz CT molecular complexity index is 379. The molecule has 0 heterocycles. The maximum absolute atomic E-state index is 11.3. The largest absolute Gasteiger partial charge is 0.549 e. The van der Waals surface area contributed by atoms with Crippen LogP contribution in [-0.4, -0.2) is 5.97 Å². The second-order valence-corrected chi connectivity index (χ2v) is 4.42. The lowest BCUT2D eigenvalue weighted by atomic mass is 9.78. The van der Waals surface area contributed by atoms with E-state index >= 15 is 0 Å². The number of nitriles is 1. The average Bonchev–Trinajstić information content (AvgIpc) is 2.67. The van der Waals surface area contributed by atoms with Gasteiger partial charge in [-0.2, -0.15) is 5.26 Å². The molecule has 1 rings (SSSR count). The van der Waals surface area contributed by atoms with Crippen LogP contribution in [0.25, 0.3) is 0 Å². The van der Waals surface area contributed by atoms with Crippen molar-refractivity contribution in [3.05, 3.63) is 23.3 Å². The highest BCUT2D eigenvalue weighted by molar-refractivity contribution is 5.77. The van der Waals surface area contributed by atoms with Gasteiger partial charge >= 0.3 is 0 Å². The predicted molar refractivity (Wildman–Crippen MR) is 59.0 cm³/mol. The summed E-state index contributed by atoms with van der Waals surface area (Å²) in [4.78, 5) is 11.3. The number of carbonyl (C=O) groups is 1. The van der Waals surface area contributed by atoms with Gasteiger partial charge in [-0.15, -0.1) is 0 Å². The van der Waals surface area contributed by atoms with E-state index in [1.165, 1.54) is 6.08 Å². The smallest absolute Gasteiger partial charge is 0.0914 e. The molecule has 1 fully saturated rings. The summed E-state index contributed by atoms with van der Waals surface area (Å²) in [5.74, 6) is -0.983. The first-order chi connectivity index (χ1) is 7.53. The molecule has 0 atom stereocenters. The topological polar surface area (TPSA) is 63.9 Å². The highest BCUT2D eigenvalue weighted by Crippen LogP contribution is 2.43. The van der Waals surface area contributed by atoms with E-state index in [-0.39, 0.29) is 0 Å². The molecule has 86 valence electrons.